The van der Waals surface area contributed by atoms with Crippen LogP contribution in [0.5, 0.6) is 5.75 Å². The highest BCUT2D eigenvalue weighted by Gasteiger charge is 2.15. The van der Waals surface area contributed by atoms with Crippen molar-refractivity contribution in [2.24, 2.45) is 0 Å². The molecule has 0 fully saturated rings. The maximum absolute atomic E-state index is 13.7. The molecule has 3 aromatic heterocycles. The Hall–Kier alpha value is -3.97. The van der Waals surface area contributed by atoms with Gasteiger partial charge in [-0.3, -0.25) is 9.78 Å². The number of hydrogen-bond donors (Lipinski definition) is 0. The smallest absolute Gasteiger partial charge is 0.251 e. The number of nitrogens with zero attached hydrogens (tertiary/aromatic N) is 4. The minimum atomic E-state index is -0.503. The number of ether oxygens (including phenoxy) is 1. The van der Waals surface area contributed by atoms with Gasteiger partial charge in [0.1, 0.15) is 23.7 Å². The maximum atomic E-state index is 13.7. The molecule has 178 valence electrons. The Labute approximate surface area is 207 Å². The van der Waals surface area contributed by atoms with Gasteiger partial charge in [0.2, 0.25) is 0 Å². The topological polar surface area (TPSA) is 60.2 Å². The van der Waals surface area contributed by atoms with E-state index in [2.05, 4.69) is 11.6 Å². The number of para-hydroxylation sites is 1. The first-order valence-electron chi connectivity index (χ1n) is 11.0. The summed E-state index contributed by atoms with van der Waals surface area (Å²) >= 11 is 6.45. The van der Waals surface area contributed by atoms with Crippen molar-refractivity contribution in [2.45, 2.75) is 27.0 Å². The van der Waals surface area contributed by atoms with Crippen LogP contribution in [0.2, 0.25) is 5.02 Å². The second-order valence-corrected chi connectivity index (χ2v) is 8.28. The number of benzene rings is 1. The highest BCUT2D eigenvalue weighted by atomic mass is 35.5. The third kappa shape index (κ3) is 5.25. The Morgan fingerprint density at radius 1 is 1.26 bits per heavy atom. The number of rotatable bonds is 8. The number of aromatic nitrogens is 3. The molecule has 0 amide bonds. The number of aryl methyl sites for hydroxylation is 1. The molecule has 0 radical (unpaired) electrons. The van der Waals surface area contributed by atoms with Gasteiger partial charge in [0, 0.05) is 53.7 Å². The molecule has 8 heteroatoms. The first kappa shape index (κ1) is 24.2. The van der Waals surface area contributed by atoms with Gasteiger partial charge in [0.25, 0.3) is 5.56 Å². The van der Waals surface area contributed by atoms with E-state index in [0.717, 1.165) is 29.0 Å². The van der Waals surface area contributed by atoms with Gasteiger partial charge in [0.05, 0.1) is 17.3 Å². The lowest BCUT2D eigenvalue weighted by Crippen LogP contribution is -2.20. The summed E-state index contributed by atoms with van der Waals surface area (Å²) in [6.45, 7) is 8.00. The van der Waals surface area contributed by atoms with Gasteiger partial charge in [-0.1, -0.05) is 36.4 Å². The fourth-order valence-corrected chi connectivity index (χ4v) is 4.05. The van der Waals surface area contributed by atoms with Gasteiger partial charge in [-0.25, -0.2) is 9.37 Å². The number of fused-ring (bicyclic) bond motifs is 1. The zero-order chi connectivity index (χ0) is 24.9. The van der Waals surface area contributed by atoms with Crippen molar-refractivity contribution in [1.82, 2.24) is 14.5 Å². The van der Waals surface area contributed by atoms with Crippen molar-refractivity contribution in [1.29, 1.82) is 0 Å². The molecule has 0 saturated carbocycles. The summed E-state index contributed by atoms with van der Waals surface area (Å²) in [6, 6.07) is 10.0. The van der Waals surface area contributed by atoms with Crippen molar-refractivity contribution < 1.29 is 9.13 Å². The molecule has 0 spiro atoms. The molecule has 0 aliphatic carbocycles. The average molecular weight is 491 g/mol. The summed E-state index contributed by atoms with van der Waals surface area (Å²) in [4.78, 5) is 23.0. The first-order valence-corrected chi connectivity index (χ1v) is 11.3. The summed E-state index contributed by atoms with van der Waals surface area (Å²) in [5, 5.41) is 1.29. The van der Waals surface area contributed by atoms with Gasteiger partial charge >= 0.3 is 0 Å². The van der Waals surface area contributed by atoms with Gasteiger partial charge in [-0.15, -0.1) is 0 Å². The second-order valence-electron chi connectivity index (χ2n) is 7.87. The molecule has 3 heterocycles. The van der Waals surface area contributed by atoms with E-state index in [-0.39, 0.29) is 18.7 Å². The Balaban J connectivity index is 1.70. The van der Waals surface area contributed by atoms with E-state index < -0.39 is 5.82 Å². The van der Waals surface area contributed by atoms with Crippen molar-refractivity contribution in [3.63, 3.8) is 0 Å². The highest BCUT2D eigenvalue weighted by molar-refractivity contribution is 6.31. The van der Waals surface area contributed by atoms with Gasteiger partial charge in [-0.2, -0.15) is 0 Å². The lowest BCUT2D eigenvalue weighted by Gasteiger charge is -2.19. The van der Waals surface area contributed by atoms with Crippen LogP contribution < -0.4 is 15.2 Å². The van der Waals surface area contributed by atoms with E-state index in [1.807, 2.05) is 55.3 Å². The predicted molar refractivity (Wildman–Crippen MR) is 137 cm³/mol. The maximum Gasteiger partial charge on any atom is 0.251 e. The number of anilines is 1. The molecule has 0 aliphatic rings. The molecular weight excluding hydrogens is 467 g/mol. The minimum Gasteiger partial charge on any atom is -0.487 e. The molecule has 0 saturated heterocycles. The molecule has 0 bridgehead atoms. The molecule has 0 aliphatic heterocycles. The summed E-state index contributed by atoms with van der Waals surface area (Å²) in [5.41, 5.74) is 3.44. The average Bonchev–Trinajstić information content (AvgIpc) is 2.84. The summed E-state index contributed by atoms with van der Waals surface area (Å²) in [6.07, 6.45) is 9.86. The quantitative estimate of drug-likeness (QED) is 0.303. The van der Waals surface area contributed by atoms with Crippen molar-refractivity contribution in [2.75, 3.05) is 4.90 Å². The zero-order valence-corrected chi connectivity index (χ0v) is 20.2. The normalized spacial score (nSPS) is 11.2. The molecule has 4 rings (SSSR count). The fraction of sp³-hybridized carbons (Fsp3) is 0.148. The third-order valence-corrected chi connectivity index (χ3v) is 5.77. The summed E-state index contributed by atoms with van der Waals surface area (Å²) in [7, 11) is 0. The van der Waals surface area contributed by atoms with Crippen molar-refractivity contribution in [3.05, 3.63) is 118 Å². The number of allylic oxidation sites excluding steroid dienone is 1. The van der Waals surface area contributed by atoms with E-state index in [1.165, 1.54) is 16.8 Å². The summed E-state index contributed by atoms with van der Waals surface area (Å²) in [5.74, 6) is 0.0792. The van der Waals surface area contributed by atoms with Crippen LogP contribution in [0.3, 0.4) is 0 Å². The van der Waals surface area contributed by atoms with Crippen LogP contribution in [-0.4, -0.2) is 14.5 Å². The van der Waals surface area contributed by atoms with E-state index in [9.17, 15) is 9.18 Å². The van der Waals surface area contributed by atoms with Gasteiger partial charge in [-0.05, 0) is 37.6 Å². The summed E-state index contributed by atoms with van der Waals surface area (Å²) < 4.78 is 21.2. The monoisotopic (exact) mass is 490 g/mol. The number of pyridine rings is 3. The van der Waals surface area contributed by atoms with E-state index in [4.69, 9.17) is 21.3 Å². The zero-order valence-electron chi connectivity index (χ0n) is 19.4. The Bertz CT molecular complexity index is 1480. The lowest BCUT2D eigenvalue weighted by molar-refractivity contribution is 0.307. The van der Waals surface area contributed by atoms with Crippen molar-refractivity contribution >= 4 is 28.2 Å². The molecule has 0 unspecified atom stereocenters. The van der Waals surface area contributed by atoms with Crippen LogP contribution in [-0.2, 0) is 13.2 Å². The molecule has 4 aromatic rings. The molecule has 0 atom stereocenters. The molecule has 1 aromatic carbocycles. The van der Waals surface area contributed by atoms with Crippen LogP contribution in [0, 0.1) is 12.7 Å². The molecular formula is C27H24ClFN4O2. The predicted octanol–water partition coefficient (Wildman–Crippen LogP) is 6.00. The SMILES string of the molecule is C=CN(/C=C\C)c1cc(C)nc2c(OCc3c(Cl)cncc3Cn3cc(F)ccc3=O)cccc12. The first-order chi connectivity index (χ1) is 16.9. The van der Waals surface area contributed by atoms with E-state index >= 15 is 0 Å². The largest absolute Gasteiger partial charge is 0.487 e. The molecule has 0 N–H and O–H groups in total. The van der Waals surface area contributed by atoms with Crippen LogP contribution in [0.1, 0.15) is 23.7 Å². The number of halogens is 2. The van der Waals surface area contributed by atoms with Gasteiger partial charge in [0.15, 0.2) is 0 Å². The van der Waals surface area contributed by atoms with E-state index in [1.54, 1.807) is 12.4 Å². The third-order valence-electron chi connectivity index (χ3n) is 5.45. The van der Waals surface area contributed by atoms with Crippen LogP contribution in [0.15, 0.2) is 84.8 Å². The van der Waals surface area contributed by atoms with Crippen LogP contribution >= 0.6 is 11.6 Å². The molecule has 6 nitrogen and oxygen atoms in total. The molecule has 35 heavy (non-hydrogen) atoms. The second kappa shape index (κ2) is 10.5. The Morgan fingerprint density at radius 2 is 2.09 bits per heavy atom. The van der Waals surface area contributed by atoms with E-state index in [0.29, 0.717) is 27.4 Å². The van der Waals surface area contributed by atoms with Gasteiger partial charge < -0.3 is 14.2 Å². The fourth-order valence-electron chi connectivity index (χ4n) is 3.82. The lowest BCUT2D eigenvalue weighted by atomic mass is 10.1. The Kier molecular flexibility index (Phi) is 7.27. The highest BCUT2D eigenvalue weighted by Crippen LogP contribution is 2.33. The minimum absolute atomic E-state index is 0.109. The van der Waals surface area contributed by atoms with Crippen molar-refractivity contribution in [3.8, 4) is 5.75 Å². The van der Waals surface area contributed by atoms with Crippen LogP contribution in [0.25, 0.3) is 10.9 Å². The Morgan fingerprint density at radius 3 is 2.86 bits per heavy atom. The van der Waals surface area contributed by atoms with Crippen LogP contribution in [0.4, 0.5) is 10.1 Å². The number of hydrogen-bond acceptors (Lipinski definition) is 5. The standard InChI is InChI=1S/C27H24ClFN4O2/c1-4-11-32(5-2)24-12-18(3)31-27-21(24)7-6-8-25(27)35-17-22-19(13-30-14-23(22)28)15-33-16-20(29)9-10-26(33)34/h4-14,16H,2,15,17H2,1,3H3/b11-4-.